The molecule has 2 aromatic carbocycles. The zero-order valence-electron chi connectivity index (χ0n) is 16.1. The van der Waals surface area contributed by atoms with Gasteiger partial charge in [-0.15, -0.1) is 0 Å². The number of hydrogen-bond donors (Lipinski definition) is 0. The van der Waals surface area contributed by atoms with Crippen LogP contribution >= 0.6 is 0 Å². The maximum atomic E-state index is 12.7. The summed E-state index contributed by atoms with van der Waals surface area (Å²) >= 11 is 0. The number of nitrogens with zero attached hydrogens (tertiary/aromatic N) is 1. The molecule has 140 valence electrons. The van der Waals surface area contributed by atoms with Gasteiger partial charge in [-0.3, -0.25) is 9.69 Å². The van der Waals surface area contributed by atoms with Crippen molar-refractivity contribution >= 4 is 5.78 Å². The maximum absolute atomic E-state index is 12.7. The summed E-state index contributed by atoms with van der Waals surface area (Å²) in [7, 11) is 1.68. The van der Waals surface area contributed by atoms with Gasteiger partial charge < -0.3 is 14.2 Å². The molecular weight excluding hydrogens is 342 g/mol. The van der Waals surface area contributed by atoms with Crippen LogP contribution in [0.3, 0.4) is 0 Å². The Hall–Kier alpha value is -2.79. The minimum absolute atomic E-state index is 0.0437. The van der Waals surface area contributed by atoms with Gasteiger partial charge in [0.2, 0.25) is 5.78 Å². The molecule has 0 saturated carbocycles. The second-order valence-corrected chi connectivity index (χ2v) is 7.20. The average molecular weight is 365 g/mol. The zero-order valence-corrected chi connectivity index (χ0v) is 16.1. The lowest BCUT2D eigenvalue weighted by Gasteiger charge is -2.30. The molecular formula is C22H23NO4. The minimum Gasteiger partial charge on any atom is -0.496 e. The Balaban J connectivity index is 1.64. The fourth-order valence-corrected chi connectivity index (χ4v) is 3.69. The molecule has 0 bridgehead atoms. The first-order chi connectivity index (χ1) is 13.0. The number of allylic oxidation sites excluding steroid dienone is 2. The molecule has 0 saturated heterocycles. The number of fused-ring (bicyclic) bond motifs is 2. The number of benzene rings is 2. The predicted octanol–water partition coefficient (Wildman–Crippen LogP) is 4.22. The normalized spacial score (nSPS) is 15.7. The number of methoxy groups -OCH3 is 1. The molecule has 4 rings (SSSR count). The van der Waals surface area contributed by atoms with Gasteiger partial charge >= 0.3 is 0 Å². The Labute approximate surface area is 159 Å². The molecule has 0 aromatic heterocycles. The second-order valence-electron chi connectivity index (χ2n) is 7.20. The van der Waals surface area contributed by atoms with Crippen molar-refractivity contribution in [1.29, 1.82) is 0 Å². The van der Waals surface area contributed by atoms with Crippen molar-refractivity contribution < 1.29 is 19.0 Å². The standard InChI is InChI=1S/C22H23NO4/c1-13(2)20-19(24)17-9-16-11-23(10-15-7-5-6-8-18(15)25-4)12-26-21(16)14(3)22(17)27-20/h5-9H,10-12H2,1-4H3. The minimum atomic E-state index is -0.0437. The van der Waals surface area contributed by atoms with Crippen LogP contribution in [0.1, 0.15) is 40.9 Å². The van der Waals surface area contributed by atoms with Crippen LogP contribution in [-0.2, 0) is 13.1 Å². The lowest BCUT2D eigenvalue weighted by Crippen LogP contribution is -2.32. The fraction of sp³-hybridized carbons (Fsp3) is 0.318. The number of ketones is 1. The molecule has 27 heavy (non-hydrogen) atoms. The van der Waals surface area contributed by atoms with Crippen LogP contribution in [0, 0.1) is 6.92 Å². The van der Waals surface area contributed by atoms with Crippen LogP contribution in [0.4, 0.5) is 0 Å². The Morgan fingerprint density at radius 2 is 2.00 bits per heavy atom. The summed E-state index contributed by atoms with van der Waals surface area (Å²) in [4.78, 5) is 14.9. The number of Topliss-reactive ketones (excluding diaryl/α,β-unsaturated/α-hetero) is 1. The highest BCUT2D eigenvalue weighted by atomic mass is 16.5. The van der Waals surface area contributed by atoms with Gasteiger partial charge in [-0.25, -0.2) is 0 Å². The fourth-order valence-electron chi connectivity index (χ4n) is 3.69. The molecule has 2 aromatic rings. The van der Waals surface area contributed by atoms with Crippen molar-refractivity contribution in [3.05, 3.63) is 63.9 Å². The summed E-state index contributed by atoms with van der Waals surface area (Å²) in [5.41, 5.74) is 4.53. The van der Waals surface area contributed by atoms with E-state index in [2.05, 4.69) is 11.0 Å². The number of carbonyl (C=O) groups excluding carboxylic acids is 1. The highest BCUT2D eigenvalue weighted by molar-refractivity contribution is 6.13. The molecule has 2 aliphatic rings. The topological polar surface area (TPSA) is 48.0 Å². The number of hydrogen-bond acceptors (Lipinski definition) is 5. The second kappa shape index (κ2) is 6.74. The number of rotatable bonds is 3. The predicted molar refractivity (Wildman–Crippen MR) is 102 cm³/mol. The quantitative estimate of drug-likeness (QED) is 0.762. The first-order valence-electron chi connectivity index (χ1n) is 9.03. The molecule has 0 amide bonds. The summed E-state index contributed by atoms with van der Waals surface area (Å²) in [6.07, 6.45) is 0. The number of carbonyl (C=O) groups is 1. The van der Waals surface area contributed by atoms with Crippen LogP contribution < -0.4 is 14.2 Å². The van der Waals surface area contributed by atoms with Gasteiger partial charge in [0.15, 0.2) is 5.76 Å². The van der Waals surface area contributed by atoms with E-state index in [1.807, 2.05) is 45.0 Å². The molecule has 0 fully saturated rings. The lowest BCUT2D eigenvalue weighted by atomic mass is 9.99. The first-order valence-corrected chi connectivity index (χ1v) is 9.03. The molecule has 0 atom stereocenters. The van der Waals surface area contributed by atoms with E-state index in [-0.39, 0.29) is 5.78 Å². The Bertz CT molecular complexity index is 957. The molecule has 0 N–H and O–H groups in total. The summed E-state index contributed by atoms with van der Waals surface area (Å²) in [5, 5.41) is 0. The monoisotopic (exact) mass is 365 g/mol. The van der Waals surface area contributed by atoms with Crippen LogP contribution in [0.25, 0.3) is 0 Å². The summed E-state index contributed by atoms with van der Waals surface area (Å²) in [6.45, 7) is 7.63. The van der Waals surface area contributed by atoms with Crippen molar-refractivity contribution in [1.82, 2.24) is 4.90 Å². The van der Waals surface area contributed by atoms with E-state index in [0.717, 1.165) is 33.8 Å². The lowest BCUT2D eigenvalue weighted by molar-refractivity contribution is 0.0869. The van der Waals surface area contributed by atoms with Crippen molar-refractivity contribution in [3.8, 4) is 17.2 Å². The van der Waals surface area contributed by atoms with E-state index in [1.165, 1.54) is 0 Å². The Morgan fingerprint density at radius 3 is 2.74 bits per heavy atom. The van der Waals surface area contributed by atoms with E-state index < -0.39 is 0 Å². The molecule has 0 radical (unpaired) electrons. The molecule has 5 heteroatoms. The third kappa shape index (κ3) is 2.98. The SMILES string of the molecule is COc1ccccc1CN1COc2c(cc3c(c2C)OC(=C(C)C)C3=O)C1. The van der Waals surface area contributed by atoms with E-state index >= 15 is 0 Å². The highest BCUT2D eigenvalue weighted by Gasteiger charge is 2.34. The van der Waals surface area contributed by atoms with Crippen LogP contribution in [0.5, 0.6) is 17.2 Å². The van der Waals surface area contributed by atoms with Crippen molar-refractivity contribution in [3.63, 3.8) is 0 Å². The number of para-hydroxylation sites is 1. The van der Waals surface area contributed by atoms with E-state index in [9.17, 15) is 4.79 Å². The van der Waals surface area contributed by atoms with Crippen LogP contribution in [0.15, 0.2) is 41.7 Å². The van der Waals surface area contributed by atoms with E-state index in [1.54, 1.807) is 7.11 Å². The van der Waals surface area contributed by atoms with Gasteiger partial charge in [0, 0.05) is 29.8 Å². The van der Waals surface area contributed by atoms with Gasteiger partial charge in [-0.1, -0.05) is 18.2 Å². The average Bonchev–Trinajstić information content (AvgIpc) is 2.99. The van der Waals surface area contributed by atoms with Crippen LogP contribution in [0.2, 0.25) is 0 Å². The van der Waals surface area contributed by atoms with E-state index in [4.69, 9.17) is 14.2 Å². The molecule has 2 heterocycles. The summed E-state index contributed by atoms with van der Waals surface area (Å²) in [5.74, 6) is 2.71. The largest absolute Gasteiger partial charge is 0.496 e. The van der Waals surface area contributed by atoms with E-state index in [0.29, 0.717) is 36.9 Å². The summed E-state index contributed by atoms with van der Waals surface area (Å²) in [6, 6.07) is 9.90. The van der Waals surface area contributed by atoms with Gasteiger partial charge in [0.05, 0.1) is 12.7 Å². The molecule has 0 unspecified atom stereocenters. The highest BCUT2D eigenvalue weighted by Crippen LogP contribution is 2.43. The third-order valence-electron chi connectivity index (χ3n) is 5.02. The Kier molecular flexibility index (Phi) is 4.40. The van der Waals surface area contributed by atoms with Gasteiger partial charge in [0.1, 0.15) is 24.0 Å². The van der Waals surface area contributed by atoms with Gasteiger partial charge in [-0.2, -0.15) is 0 Å². The van der Waals surface area contributed by atoms with Gasteiger partial charge in [-0.05, 0) is 38.5 Å². The number of ether oxygens (including phenoxy) is 3. The van der Waals surface area contributed by atoms with Crippen LogP contribution in [-0.4, -0.2) is 24.5 Å². The first kappa shape index (κ1) is 17.6. The Morgan fingerprint density at radius 1 is 1.22 bits per heavy atom. The maximum Gasteiger partial charge on any atom is 0.231 e. The van der Waals surface area contributed by atoms with Crippen molar-refractivity contribution in [2.75, 3.05) is 13.8 Å². The van der Waals surface area contributed by atoms with Crippen molar-refractivity contribution in [2.24, 2.45) is 0 Å². The summed E-state index contributed by atoms with van der Waals surface area (Å²) < 4.78 is 17.3. The van der Waals surface area contributed by atoms with Crippen molar-refractivity contribution in [2.45, 2.75) is 33.9 Å². The third-order valence-corrected chi connectivity index (χ3v) is 5.02. The molecule has 2 aliphatic heterocycles. The smallest absolute Gasteiger partial charge is 0.231 e. The molecule has 0 spiro atoms. The molecule has 0 aliphatic carbocycles. The molecule has 5 nitrogen and oxygen atoms in total. The zero-order chi connectivity index (χ0) is 19.1. The van der Waals surface area contributed by atoms with Gasteiger partial charge in [0.25, 0.3) is 0 Å².